The van der Waals surface area contributed by atoms with E-state index in [1.54, 1.807) is 0 Å². The smallest absolute Gasteiger partial charge is 0.255 e. The number of amides is 1. The van der Waals surface area contributed by atoms with Crippen molar-refractivity contribution < 1.29 is 23.0 Å². The third kappa shape index (κ3) is 4.56. The molecule has 0 aliphatic carbocycles. The first-order valence-electron chi connectivity index (χ1n) is 8.48. The van der Waals surface area contributed by atoms with Crippen LogP contribution in [-0.2, 0) is 6.42 Å². The lowest BCUT2D eigenvalue weighted by Crippen LogP contribution is -2.24. The number of rotatable bonds is 4. The van der Waals surface area contributed by atoms with Crippen molar-refractivity contribution in [3.8, 4) is 23.3 Å². The normalized spacial score (nSPS) is 13.8. The van der Waals surface area contributed by atoms with E-state index in [0.29, 0.717) is 11.8 Å². The van der Waals surface area contributed by atoms with Crippen LogP contribution in [0.4, 0.5) is 8.78 Å². The van der Waals surface area contributed by atoms with Crippen LogP contribution in [0.15, 0.2) is 36.4 Å². The molecule has 0 saturated carbocycles. The van der Waals surface area contributed by atoms with Crippen LogP contribution in [0.2, 0.25) is 0 Å². The monoisotopic (exact) mass is 371 g/mol. The summed E-state index contributed by atoms with van der Waals surface area (Å²) in [6.07, 6.45) is 0.817. The van der Waals surface area contributed by atoms with E-state index in [4.69, 9.17) is 9.47 Å². The fraction of sp³-hybridized carbons (Fsp3) is 0.286. The van der Waals surface area contributed by atoms with Gasteiger partial charge in [0.25, 0.3) is 5.91 Å². The molecule has 2 aromatic rings. The molecule has 140 valence electrons. The third-order valence-corrected chi connectivity index (χ3v) is 3.99. The minimum atomic E-state index is -0.912. The van der Waals surface area contributed by atoms with E-state index in [1.807, 2.05) is 32.0 Å². The number of fused-ring (bicyclic) bond motifs is 1. The van der Waals surface area contributed by atoms with Crippen LogP contribution in [0.25, 0.3) is 0 Å². The number of nitrogens with one attached hydrogen (secondary N) is 1. The van der Waals surface area contributed by atoms with E-state index in [0.717, 1.165) is 29.9 Å². The zero-order valence-electron chi connectivity index (χ0n) is 15.1. The van der Waals surface area contributed by atoms with Gasteiger partial charge in [0.2, 0.25) is 0 Å². The summed E-state index contributed by atoms with van der Waals surface area (Å²) in [5.74, 6) is 4.58. The summed E-state index contributed by atoms with van der Waals surface area (Å²) in [6, 6.07) is 8.51. The van der Waals surface area contributed by atoms with Crippen molar-refractivity contribution >= 4 is 5.91 Å². The highest BCUT2D eigenvalue weighted by molar-refractivity contribution is 5.94. The van der Waals surface area contributed by atoms with Gasteiger partial charge in [-0.1, -0.05) is 24.0 Å². The summed E-state index contributed by atoms with van der Waals surface area (Å²) in [4.78, 5) is 11.8. The number of carbonyl (C=O) groups excluding carboxylic acids is 1. The van der Waals surface area contributed by atoms with Crippen molar-refractivity contribution in [2.24, 2.45) is 0 Å². The maximum absolute atomic E-state index is 13.5. The van der Waals surface area contributed by atoms with Crippen LogP contribution in [0.3, 0.4) is 0 Å². The fourth-order valence-electron chi connectivity index (χ4n) is 2.82. The SMILES string of the molecule is CC1(C)Cc2cccc(OCC#CCNC(=O)c3ccc(F)cc3F)c2O1. The molecule has 27 heavy (non-hydrogen) atoms. The van der Waals surface area contributed by atoms with Crippen molar-refractivity contribution in [3.05, 3.63) is 59.2 Å². The first kappa shape index (κ1) is 18.7. The molecular weight excluding hydrogens is 352 g/mol. The maximum Gasteiger partial charge on any atom is 0.255 e. The van der Waals surface area contributed by atoms with Crippen LogP contribution in [0.1, 0.15) is 29.8 Å². The minimum Gasteiger partial charge on any atom is -0.483 e. The summed E-state index contributed by atoms with van der Waals surface area (Å²) < 4.78 is 37.9. The predicted octanol–water partition coefficient (Wildman–Crippen LogP) is 3.49. The molecule has 0 radical (unpaired) electrons. The highest BCUT2D eigenvalue weighted by atomic mass is 19.1. The number of ether oxygens (including phenoxy) is 2. The molecule has 4 nitrogen and oxygen atoms in total. The molecule has 1 N–H and O–H groups in total. The molecule has 0 saturated heterocycles. The van der Waals surface area contributed by atoms with Gasteiger partial charge >= 0.3 is 0 Å². The standard InChI is InChI=1S/C21H19F2NO3/c1-21(2)13-14-6-5-7-18(19(14)27-21)26-11-4-3-10-24-20(25)16-9-8-15(22)12-17(16)23/h5-9,12H,10-11,13H2,1-2H3,(H,24,25). The molecule has 0 bridgehead atoms. The Balaban J connectivity index is 1.50. The molecule has 0 aromatic heterocycles. The molecule has 0 fully saturated rings. The van der Waals surface area contributed by atoms with Crippen LogP contribution < -0.4 is 14.8 Å². The largest absolute Gasteiger partial charge is 0.483 e. The quantitative estimate of drug-likeness (QED) is 0.837. The zero-order valence-corrected chi connectivity index (χ0v) is 15.1. The van der Waals surface area contributed by atoms with Gasteiger partial charge < -0.3 is 14.8 Å². The van der Waals surface area contributed by atoms with Gasteiger partial charge in [-0.05, 0) is 32.0 Å². The Morgan fingerprint density at radius 1 is 1.26 bits per heavy atom. The van der Waals surface area contributed by atoms with Crippen molar-refractivity contribution in [3.63, 3.8) is 0 Å². The first-order chi connectivity index (χ1) is 12.9. The average Bonchev–Trinajstić information content (AvgIpc) is 2.92. The van der Waals surface area contributed by atoms with Crippen LogP contribution in [-0.4, -0.2) is 24.7 Å². The number of carbonyl (C=O) groups is 1. The van der Waals surface area contributed by atoms with Gasteiger partial charge in [-0.2, -0.15) is 0 Å². The van der Waals surface area contributed by atoms with Gasteiger partial charge in [0.1, 0.15) is 23.8 Å². The maximum atomic E-state index is 13.5. The highest BCUT2D eigenvalue weighted by Crippen LogP contribution is 2.41. The van der Waals surface area contributed by atoms with E-state index in [9.17, 15) is 13.6 Å². The van der Waals surface area contributed by atoms with E-state index < -0.39 is 17.5 Å². The number of halogens is 2. The van der Waals surface area contributed by atoms with Crippen LogP contribution >= 0.6 is 0 Å². The molecule has 0 atom stereocenters. The van der Waals surface area contributed by atoms with Gasteiger partial charge in [-0.3, -0.25) is 4.79 Å². The Bertz CT molecular complexity index is 929. The Labute approximate surface area is 156 Å². The minimum absolute atomic E-state index is 0.0233. The van der Waals surface area contributed by atoms with E-state index in [2.05, 4.69) is 17.2 Å². The number of para-hydroxylation sites is 1. The lowest BCUT2D eigenvalue weighted by Gasteiger charge is -2.17. The summed E-state index contributed by atoms with van der Waals surface area (Å²) in [5, 5.41) is 2.46. The summed E-state index contributed by atoms with van der Waals surface area (Å²) >= 11 is 0. The molecule has 1 heterocycles. The Morgan fingerprint density at radius 2 is 2.07 bits per heavy atom. The second kappa shape index (κ2) is 7.67. The summed E-state index contributed by atoms with van der Waals surface area (Å²) in [7, 11) is 0. The first-order valence-corrected chi connectivity index (χ1v) is 8.48. The summed E-state index contributed by atoms with van der Waals surface area (Å²) in [5.41, 5.74) is 0.612. The van der Waals surface area contributed by atoms with E-state index in [-0.39, 0.29) is 24.3 Å². The number of benzene rings is 2. The van der Waals surface area contributed by atoms with Gasteiger partial charge in [0.15, 0.2) is 11.5 Å². The molecule has 1 amide bonds. The second-order valence-electron chi connectivity index (χ2n) is 6.73. The average molecular weight is 371 g/mol. The van der Waals surface area contributed by atoms with Crippen molar-refractivity contribution in [2.45, 2.75) is 25.9 Å². The van der Waals surface area contributed by atoms with E-state index in [1.165, 1.54) is 0 Å². The molecule has 1 aliphatic rings. The molecule has 2 aromatic carbocycles. The van der Waals surface area contributed by atoms with Crippen LogP contribution in [0, 0.1) is 23.5 Å². The molecule has 1 aliphatic heterocycles. The van der Waals surface area contributed by atoms with Gasteiger partial charge in [-0.15, -0.1) is 0 Å². The second-order valence-corrected chi connectivity index (χ2v) is 6.73. The number of hydrogen-bond acceptors (Lipinski definition) is 3. The number of hydrogen-bond donors (Lipinski definition) is 1. The lowest BCUT2D eigenvalue weighted by molar-refractivity contribution is 0.0954. The molecule has 0 unspecified atom stereocenters. The van der Waals surface area contributed by atoms with Gasteiger partial charge in [-0.25, -0.2) is 8.78 Å². The Hall–Kier alpha value is -3.07. The fourth-order valence-corrected chi connectivity index (χ4v) is 2.82. The van der Waals surface area contributed by atoms with Gasteiger partial charge in [0, 0.05) is 18.1 Å². The third-order valence-electron chi connectivity index (χ3n) is 3.99. The topological polar surface area (TPSA) is 47.6 Å². The summed E-state index contributed by atoms with van der Waals surface area (Å²) in [6.45, 7) is 4.18. The lowest BCUT2D eigenvalue weighted by atomic mass is 10.0. The van der Waals surface area contributed by atoms with Crippen molar-refractivity contribution in [2.75, 3.05) is 13.2 Å². The molecular formula is C21H19F2NO3. The van der Waals surface area contributed by atoms with E-state index >= 15 is 0 Å². The highest BCUT2D eigenvalue weighted by Gasteiger charge is 2.32. The predicted molar refractivity (Wildman–Crippen MR) is 96.8 cm³/mol. The van der Waals surface area contributed by atoms with Crippen molar-refractivity contribution in [1.29, 1.82) is 0 Å². The Kier molecular flexibility index (Phi) is 5.31. The molecule has 3 rings (SSSR count). The van der Waals surface area contributed by atoms with Crippen LogP contribution in [0.5, 0.6) is 11.5 Å². The Morgan fingerprint density at radius 3 is 2.85 bits per heavy atom. The zero-order chi connectivity index (χ0) is 19.4. The van der Waals surface area contributed by atoms with Gasteiger partial charge in [0.05, 0.1) is 12.1 Å². The van der Waals surface area contributed by atoms with Crippen molar-refractivity contribution in [1.82, 2.24) is 5.32 Å². The molecule has 0 spiro atoms. The molecule has 6 heteroatoms.